The van der Waals surface area contributed by atoms with Crippen molar-refractivity contribution in [3.05, 3.63) is 229 Å². The zero-order valence-corrected chi connectivity index (χ0v) is 83.9. The van der Waals surface area contributed by atoms with Crippen molar-refractivity contribution in [2.75, 3.05) is 194 Å². The molecule has 38 nitrogen and oxygen atoms in total. The van der Waals surface area contributed by atoms with Gasteiger partial charge in [0.05, 0.1) is 138 Å². The van der Waals surface area contributed by atoms with Crippen molar-refractivity contribution >= 4 is 136 Å². The van der Waals surface area contributed by atoms with E-state index in [9.17, 15) is 41.9 Å². The largest absolute Gasteiger partial charge is 0.416 e. The summed E-state index contributed by atoms with van der Waals surface area (Å²) in [7, 11) is 1.71. The number of anilines is 14. The standard InChI is InChI=1S/C22H22N6O.C21H20N6O2.2C21H25N5O2.C19H20F3N7O2.2ClH/c1-14-11-16(5-8-23-14)19-3-4-20-21(26-19)28(18-7-10-27(20)13-18)22(29)25-17-6-9-24-15(2)12-17;1-25-9-6-14(11-19(25)28)17-4-5-18-20(24-17)27(16-7-10-26(18)13-16)21(29)23-15-3-2-8-22-12-15;2*1-14-11-16(5-7-22-14)18-3-4-19-20(23-18)26(17-6-8-24(19)13-17)21(27)25-9-10-28-15(2)12-25;20-19(21,22)14-11-28(7-8-31-14)16-2-1-13-17(26-16)29(12-3-6-27(13)10-12)18(30)25-15-9-23-4-5-24-15;;/h3-6,8-9,11-12,18H,7,10,13H2,1-2H3,(H,24,25,29);2-6,8-9,11-12,16H,7,10,13H2,1H3,(H,23,29);2*3-5,7,11,15,17H,6,8-10,12-13H2,1-2H3;1-2,4-5,9,12,14H,3,6-8,10-11H2,(H,24,25,30);2*1H/t18-;16-;15-,17+;15-,17-;12-,14-;;/m00100../s1. The maximum Gasteiger partial charge on any atom is 0.416 e. The SMILES string of the molecule is Cc1cc(-c2ccc3c(n2)N(C(=O)N2CCO[C@@H](C)C2)[C@H]2CCN3C2)ccn1.Cc1cc(-c2ccc3c(n2)N(C(=O)N2CCO[C@H](C)C2)[C@H]2CCN3C2)ccn1.Cc1cc(NC(=O)N2c3nc(-c4ccnc(C)c4)ccc3N3CC[C@H]2C3)ccn1.Cl.Cl.Cn1ccc(-c2ccc3c(n2)N(C(=O)Nc2cccnc2)[C@H]2CCN3C2)cc1=O.O=C(Nc1cnccn1)N1c2nc(N3CCO[C@H](C(F)(F)F)C3)ccc2N2CC[C@H]1C2. The average molecular weight is 2040 g/mol. The minimum absolute atomic E-state index is 0. The molecular formula is C104H114Cl2F3N29O9. The molecule has 25 heterocycles. The summed E-state index contributed by atoms with van der Waals surface area (Å²) in [6.07, 6.45) is 14.9. The molecule has 764 valence electrons. The summed E-state index contributed by atoms with van der Waals surface area (Å²) in [4.78, 5) is 158. The Morgan fingerprint density at radius 1 is 0.367 bits per heavy atom. The summed E-state index contributed by atoms with van der Waals surface area (Å²) >= 11 is 0. The first-order valence-electron chi connectivity index (χ1n) is 49.3. The van der Waals surface area contributed by atoms with E-state index in [1.165, 1.54) is 23.2 Å². The summed E-state index contributed by atoms with van der Waals surface area (Å²) < 4.78 is 57.1. The number of ether oxygens (including phenoxy) is 3. The molecule has 3 N–H and O–H groups in total. The molecule has 0 saturated carbocycles. The van der Waals surface area contributed by atoms with Crippen LogP contribution in [0.15, 0.2) is 200 Å². The van der Waals surface area contributed by atoms with Crippen molar-refractivity contribution < 1.29 is 51.4 Å². The zero-order valence-electron chi connectivity index (χ0n) is 82.3. The van der Waals surface area contributed by atoms with Crippen LogP contribution in [0.5, 0.6) is 0 Å². The van der Waals surface area contributed by atoms with Crippen LogP contribution in [0.4, 0.5) is 118 Å². The maximum absolute atomic E-state index is 13.5. The second-order valence-electron chi connectivity index (χ2n) is 38.4. The van der Waals surface area contributed by atoms with Crippen LogP contribution in [-0.4, -0.2) is 284 Å². The van der Waals surface area contributed by atoms with Gasteiger partial charge < -0.3 is 68.6 Å². The van der Waals surface area contributed by atoms with Gasteiger partial charge in [-0.2, -0.15) is 13.2 Å². The average Bonchev–Trinajstić information content (AvgIpc) is 1.69. The van der Waals surface area contributed by atoms with E-state index in [1.54, 1.807) is 95.5 Å². The number of halogens is 5. The molecule has 12 aromatic heterocycles. The van der Waals surface area contributed by atoms with Crippen LogP contribution in [0.2, 0.25) is 0 Å². The predicted octanol–water partition coefficient (Wildman–Crippen LogP) is 14.8. The Labute approximate surface area is 859 Å². The van der Waals surface area contributed by atoms with E-state index in [2.05, 4.69) is 98.5 Å². The minimum Gasteiger partial charge on any atom is -0.375 e. The number of hydrogen-bond donors (Lipinski definition) is 3. The lowest BCUT2D eigenvalue weighted by Crippen LogP contribution is -2.55. The maximum atomic E-state index is 13.5. The fourth-order valence-electron chi connectivity index (χ4n) is 21.3. The second-order valence-corrected chi connectivity index (χ2v) is 38.4. The number of alkyl halides is 3. The van der Waals surface area contributed by atoms with Crippen molar-refractivity contribution in [1.82, 2.24) is 74.2 Å². The van der Waals surface area contributed by atoms with Crippen LogP contribution in [0.1, 0.15) is 68.7 Å². The van der Waals surface area contributed by atoms with E-state index in [0.29, 0.717) is 86.4 Å². The fourth-order valence-corrected chi connectivity index (χ4v) is 21.3. The van der Waals surface area contributed by atoms with Crippen molar-refractivity contribution in [3.8, 4) is 45.0 Å². The van der Waals surface area contributed by atoms with Gasteiger partial charge in [0.1, 0.15) is 5.82 Å². The molecule has 0 aliphatic carbocycles. The Kier molecular flexibility index (Phi) is 29.4. The van der Waals surface area contributed by atoms with Crippen LogP contribution < -0.4 is 75.4 Å². The smallest absolute Gasteiger partial charge is 0.375 e. The van der Waals surface area contributed by atoms with Crippen LogP contribution in [0.25, 0.3) is 45.0 Å². The van der Waals surface area contributed by atoms with E-state index in [1.807, 2.05) is 151 Å². The first-order chi connectivity index (χ1) is 70.3. The molecule has 43 heteroatoms. The highest BCUT2D eigenvalue weighted by Crippen LogP contribution is 2.48. The minimum atomic E-state index is -4.44. The number of amides is 10. The fraction of sp³-hybridized carbons (Fsp3) is 0.385. The van der Waals surface area contributed by atoms with Gasteiger partial charge in [0.25, 0.3) is 5.56 Å². The number of rotatable bonds is 8. The first-order valence-corrected chi connectivity index (χ1v) is 49.3. The van der Waals surface area contributed by atoms with E-state index < -0.39 is 18.3 Å². The van der Waals surface area contributed by atoms with Gasteiger partial charge in [-0.1, -0.05) is 0 Å². The number of aromatic nitrogens is 13. The highest BCUT2D eigenvalue weighted by Gasteiger charge is 2.49. The van der Waals surface area contributed by atoms with Gasteiger partial charge in [-0.25, -0.2) is 53.9 Å². The number of fused-ring (bicyclic) bond motifs is 20. The number of hydrogen-bond acceptors (Lipinski definition) is 27. The summed E-state index contributed by atoms with van der Waals surface area (Å²) in [5, 5.41) is 8.68. The second kappa shape index (κ2) is 42.9. The van der Waals surface area contributed by atoms with Gasteiger partial charge in [-0.15, -0.1) is 24.8 Å². The van der Waals surface area contributed by atoms with Crippen LogP contribution in [0.3, 0.4) is 0 Å². The number of pyridine rings is 11. The Hall–Kier alpha value is -15.1. The molecule has 0 aromatic carbocycles. The van der Waals surface area contributed by atoms with Crippen molar-refractivity contribution in [3.63, 3.8) is 0 Å². The number of nitrogens with zero attached hydrogens (tertiary/aromatic N) is 26. The molecule has 12 aromatic rings. The lowest BCUT2D eigenvalue weighted by atomic mass is 10.1. The molecule has 147 heavy (non-hydrogen) atoms. The molecular weight excluding hydrogens is 1930 g/mol. The summed E-state index contributed by atoms with van der Waals surface area (Å²) in [6, 6.07) is 42.2. The monoisotopic (exact) mass is 2040 g/mol. The van der Waals surface area contributed by atoms with Crippen molar-refractivity contribution in [1.29, 1.82) is 0 Å². The number of nitrogens with one attached hydrogen (secondary N) is 3. The molecule has 8 fully saturated rings. The van der Waals surface area contributed by atoms with Gasteiger partial charge in [0.15, 0.2) is 41.0 Å². The predicted molar refractivity (Wildman–Crippen MR) is 561 cm³/mol. The quantitative estimate of drug-likeness (QED) is 0.127. The topological polar surface area (TPSA) is 368 Å². The normalized spacial score (nSPS) is 20.7. The van der Waals surface area contributed by atoms with Gasteiger partial charge in [-0.3, -0.25) is 64.5 Å². The molecule has 0 radical (unpaired) electrons. The highest BCUT2D eigenvalue weighted by atomic mass is 35.5. The van der Waals surface area contributed by atoms with E-state index in [4.69, 9.17) is 34.1 Å². The number of carbonyl (C=O) groups is 5. The van der Waals surface area contributed by atoms with E-state index in [-0.39, 0.29) is 117 Å². The van der Waals surface area contributed by atoms with Gasteiger partial charge in [0, 0.05) is 212 Å². The Morgan fingerprint density at radius 2 is 0.755 bits per heavy atom. The summed E-state index contributed by atoms with van der Waals surface area (Å²) in [6.45, 7) is 24.1. The van der Waals surface area contributed by atoms with E-state index in [0.717, 1.165) is 199 Å². The number of aryl methyl sites for hydroxylation is 5. The van der Waals surface area contributed by atoms with Gasteiger partial charge in [0.2, 0.25) is 0 Å². The third kappa shape index (κ3) is 21.3. The molecule has 10 amide bonds. The van der Waals surface area contributed by atoms with Gasteiger partial charge >= 0.3 is 36.3 Å². The molecule has 13 aliphatic rings. The Balaban J connectivity index is 0.000000115. The Bertz CT molecular complexity index is 6810. The van der Waals surface area contributed by atoms with Crippen LogP contribution in [-0.2, 0) is 21.3 Å². The number of urea groups is 5. The molecule has 10 bridgehead atoms. The van der Waals surface area contributed by atoms with Crippen molar-refractivity contribution in [2.24, 2.45) is 7.05 Å². The summed E-state index contributed by atoms with van der Waals surface area (Å²) in [5.74, 6) is 4.03. The lowest BCUT2D eigenvalue weighted by molar-refractivity contribution is -0.221. The molecule has 25 rings (SSSR count). The zero-order chi connectivity index (χ0) is 100. The molecule has 8 saturated heterocycles. The molecule has 13 aliphatic heterocycles. The number of morpholine rings is 3. The highest BCUT2D eigenvalue weighted by molar-refractivity contribution is 6.07. The third-order valence-corrected chi connectivity index (χ3v) is 28.4. The molecule has 0 spiro atoms. The number of carbonyl (C=O) groups excluding carboxylic acids is 5. The van der Waals surface area contributed by atoms with Crippen molar-refractivity contribution in [2.45, 2.75) is 128 Å². The van der Waals surface area contributed by atoms with Crippen LogP contribution in [0, 0.1) is 27.7 Å². The third-order valence-electron chi connectivity index (χ3n) is 28.4. The molecule has 8 atom stereocenters. The molecule has 0 unspecified atom stereocenters. The summed E-state index contributed by atoms with van der Waals surface area (Å²) in [5.41, 5.74) is 16.9. The Morgan fingerprint density at radius 3 is 1.16 bits per heavy atom. The lowest BCUT2D eigenvalue weighted by Gasteiger charge is -2.40. The van der Waals surface area contributed by atoms with E-state index >= 15 is 0 Å². The first kappa shape index (κ1) is 101. The van der Waals surface area contributed by atoms with Gasteiger partial charge in [-0.05, 0) is 201 Å². The van der Waals surface area contributed by atoms with Crippen LogP contribution >= 0.6 is 24.8 Å².